The van der Waals surface area contributed by atoms with Gasteiger partial charge >= 0.3 is 220 Å². The van der Waals surface area contributed by atoms with E-state index in [0.717, 1.165) is 0 Å². The Bertz CT molecular complexity index is 1750. The van der Waals surface area contributed by atoms with E-state index in [4.69, 9.17) is 0 Å². The topological polar surface area (TPSA) is 0 Å². The van der Waals surface area contributed by atoms with E-state index in [1.165, 1.54) is 43.8 Å². The summed E-state index contributed by atoms with van der Waals surface area (Å²) in [6.45, 7) is 12.0. The number of rotatable bonds is 3. The molecule has 0 saturated heterocycles. The summed E-state index contributed by atoms with van der Waals surface area (Å²) in [5.74, 6) is 0.566. The molecule has 6 rings (SSSR count). The summed E-state index contributed by atoms with van der Waals surface area (Å²) in [5.41, 5.74) is 10.5. The molecule has 0 saturated carbocycles. The fraction of sp³-hybridized carbons (Fsp3) is 0.235. The molecule has 2 heteroatoms. The zero-order chi connectivity index (χ0) is 25.4. The Labute approximate surface area is 218 Å². The molecule has 0 N–H and O–H groups in total. The SMILES string of the molecule is CC1=C(C)C(C)[C]([Zr]([CH3])([CH3])(=[SiH2])[CH]2C=C(c3cccc4cc5ccccc5cc34)c3ccccc32)=C1C. The molecule has 0 radical (unpaired) electrons. The molecule has 0 bridgehead atoms. The molecule has 36 heavy (non-hydrogen) atoms. The second-order valence-corrected chi connectivity index (χ2v) is 41.8. The van der Waals surface area contributed by atoms with Gasteiger partial charge in [-0.25, -0.2) is 0 Å². The van der Waals surface area contributed by atoms with Crippen molar-refractivity contribution in [1.29, 1.82) is 0 Å². The van der Waals surface area contributed by atoms with Crippen LogP contribution in [0.15, 0.2) is 105 Å². The van der Waals surface area contributed by atoms with Crippen molar-refractivity contribution in [3.63, 3.8) is 0 Å². The second-order valence-electron chi connectivity index (χ2n) is 12.2. The molecule has 0 spiro atoms. The fourth-order valence-corrected chi connectivity index (χ4v) is 25.9. The maximum absolute atomic E-state index is 3.43. The molecule has 2 unspecified atom stereocenters. The first-order valence-electron chi connectivity index (χ1n) is 13.3. The molecule has 0 heterocycles. The summed E-state index contributed by atoms with van der Waals surface area (Å²) in [5, 5.41) is 5.30. The van der Waals surface area contributed by atoms with Crippen LogP contribution in [0.2, 0.25) is 9.26 Å². The van der Waals surface area contributed by atoms with Gasteiger partial charge in [-0.15, -0.1) is 0 Å². The maximum atomic E-state index is 2.71. The van der Waals surface area contributed by atoms with Gasteiger partial charge in [-0.1, -0.05) is 0 Å². The van der Waals surface area contributed by atoms with Gasteiger partial charge in [-0.2, -0.15) is 0 Å². The van der Waals surface area contributed by atoms with E-state index in [1.807, 2.05) is 3.28 Å². The van der Waals surface area contributed by atoms with E-state index in [9.17, 15) is 0 Å². The molecule has 180 valence electrons. The van der Waals surface area contributed by atoms with Crippen molar-refractivity contribution in [2.24, 2.45) is 5.92 Å². The summed E-state index contributed by atoms with van der Waals surface area (Å²) in [4.78, 5) is 0. The normalized spacial score (nSPS) is 20.5. The van der Waals surface area contributed by atoms with Crippen LogP contribution in [0.5, 0.6) is 0 Å². The van der Waals surface area contributed by atoms with Crippen molar-refractivity contribution >= 4 is 34.0 Å². The summed E-state index contributed by atoms with van der Waals surface area (Å²) in [6.07, 6.45) is 2.68. The fourth-order valence-electron chi connectivity index (χ4n) is 7.42. The predicted molar refractivity (Wildman–Crippen MR) is 158 cm³/mol. The van der Waals surface area contributed by atoms with Crippen LogP contribution < -0.4 is 0 Å². The average Bonchev–Trinajstić information content (AvgIpc) is 3.35. The van der Waals surface area contributed by atoms with E-state index in [0.29, 0.717) is 9.54 Å². The van der Waals surface area contributed by atoms with Crippen LogP contribution in [-0.4, -0.2) is 6.88 Å². The van der Waals surface area contributed by atoms with Gasteiger partial charge in [0.1, 0.15) is 0 Å². The van der Waals surface area contributed by atoms with Crippen molar-refractivity contribution in [3.8, 4) is 0 Å². The van der Waals surface area contributed by atoms with Crippen LogP contribution in [-0.2, 0) is 17.4 Å². The molecule has 0 nitrogen and oxygen atoms in total. The standard InChI is InChI=1S/C23H15.C9H13.2CH3.H2Si.Zr/c1-2-8-18-15-23-19(14-17(18)7-1)9-5-11-21(23)22-13-12-16-6-3-4-10-20(16)22;1-6-5-7(2)9(4)8(6)3;;;;/h1-15H;6H,1-4H3;2*1H3;1H2;. The Morgan fingerprint density at radius 2 is 1.31 bits per heavy atom. The Balaban J connectivity index is 1.60. The molecule has 4 aromatic carbocycles. The van der Waals surface area contributed by atoms with E-state index in [1.54, 1.807) is 16.7 Å². The Hall–Kier alpha value is -2.28. The number of fused-ring (bicyclic) bond motifs is 3. The van der Waals surface area contributed by atoms with Crippen molar-refractivity contribution in [1.82, 2.24) is 0 Å². The number of hydrogen-bond donors (Lipinski definition) is 0. The zero-order valence-electron chi connectivity index (χ0n) is 22.4. The Kier molecular flexibility index (Phi) is 5.42. The van der Waals surface area contributed by atoms with E-state index < -0.39 is 17.4 Å². The predicted octanol–water partition coefficient (Wildman–Crippen LogP) is 9.07. The van der Waals surface area contributed by atoms with Gasteiger partial charge in [0.05, 0.1) is 0 Å². The quantitative estimate of drug-likeness (QED) is 0.172. The van der Waals surface area contributed by atoms with Crippen molar-refractivity contribution in [2.75, 3.05) is 0 Å². The van der Waals surface area contributed by atoms with Gasteiger partial charge in [-0.3, -0.25) is 0 Å². The van der Waals surface area contributed by atoms with Gasteiger partial charge < -0.3 is 0 Å². The van der Waals surface area contributed by atoms with Crippen LogP contribution in [0, 0.1) is 5.92 Å². The van der Waals surface area contributed by atoms with E-state index >= 15 is 0 Å². The van der Waals surface area contributed by atoms with Crippen molar-refractivity contribution < 1.29 is 17.4 Å². The van der Waals surface area contributed by atoms with Gasteiger partial charge in [0.15, 0.2) is 0 Å². The van der Waals surface area contributed by atoms with Gasteiger partial charge in [0.2, 0.25) is 0 Å². The van der Waals surface area contributed by atoms with Crippen molar-refractivity contribution in [2.45, 2.75) is 40.6 Å². The number of allylic oxidation sites excluding steroid dienone is 5. The third kappa shape index (κ3) is 3.41. The van der Waals surface area contributed by atoms with E-state index in [2.05, 4.69) is 129 Å². The first kappa shape index (κ1) is 24.1. The molecule has 0 amide bonds. The Morgan fingerprint density at radius 1 is 0.694 bits per heavy atom. The number of hydrogen-bond acceptors (Lipinski definition) is 0. The third-order valence-electron chi connectivity index (χ3n) is 9.48. The molecule has 2 aliphatic rings. The van der Waals surface area contributed by atoms with Gasteiger partial charge in [0.25, 0.3) is 0 Å². The summed E-state index contributed by atoms with van der Waals surface area (Å²) in [6, 6.07) is 29.6. The van der Waals surface area contributed by atoms with Crippen LogP contribution in [0.1, 0.15) is 48.0 Å². The molecular weight excluding hydrogens is 528 g/mol. The van der Waals surface area contributed by atoms with Crippen LogP contribution >= 0.6 is 0 Å². The van der Waals surface area contributed by atoms with Gasteiger partial charge in [0, 0.05) is 0 Å². The summed E-state index contributed by atoms with van der Waals surface area (Å²) >= 11 is -3.43. The third-order valence-corrected chi connectivity index (χ3v) is 26.7. The summed E-state index contributed by atoms with van der Waals surface area (Å²) < 4.78 is 7.74. The first-order chi connectivity index (χ1) is 17.1. The zero-order valence-corrected chi connectivity index (χ0v) is 26.3. The minimum absolute atomic E-state index is 0.512. The summed E-state index contributed by atoms with van der Waals surface area (Å²) in [7, 11) is 0. The molecule has 2 atom stereocenters. The second kappa shape index (κ2) is 8.11. The average molecular weight is 564 g/mol. The van der Waals surface area contributed by atoms with Crippen LogP contribution in [0.3, 0.4) is 0 Å². The molecule has 4 aromatic rings. The minimum atomic E-state index is -3.43. The Morgan fingerprint density at radius 3 is 2.00 bits per heavy atom. The first-order valence-corrected chi connectivity index (χ1v) is 26.7. The van der Waals surface area contributed by atoms with Crippen LogP contribution in [0.4, 0.5) is 0 Å². The van der Waals surface area contributed by atoms with Gasteiger partial charge in [-0.05, 0) is 0 Å². The molecule has 0 fully saturated rings. The molecule has 0 aliphatic heterocycles. The molecular formula is C34H36SiZr. The molecule has 2 aliphatic carbocycles. The van der Waals surface area contributed by atoms with E-state index in [-0.39, 0.29) is 0 Å². The van der Waals surface area contributed by atoms with Crippen LogP contribution in [0.25, 0.3) is 27.1 Å². The number of benzene rings is 4. The van der Waals surface area contributed by atoms with Crippen molar-refractivity contribution in [3.05, 3.63) is 122 Å². The molecule has 0 aromatic heterocycles. The monoisotopic (exact) mass is 562 g/mol.